The van der Waals surface area contributed by atoms with E-state index in [2.05, 4.69) is 10.3 Å². The molecule has 0 radical (unpaired) electrons. The van der Waals surface area contributed by atoms with E-state index in [1.165, 1.54) is 6.92 Å². The monoisotopic (exact) mass is 355 g/mol. The largest absolute Gasteiger partial charge is 0.480 e. The molecule has 1 heterocycles. The second-order valence-corrected chi connectivity index (χ2v) is 5.81. The molecule has 2 N–H and O–H groups in total. The number of carbonyl (C=O) groups is 3. The van der Waals surface area contributed by atoms with Crippen molar-refractivity contribution in [3.63, 3.8) is 0 Å². The highest BCUT2D eigenvalue weighted by atomic mass is 35.5. The zero-order valence-corrected chi connectivity index (χ0v) is 14.5. The van der Waals surface area contributed by atoms with Gasteiger partial charge in [0.05, 0.1) is 0 Å². The van der Waals surface area contributed by atoms with E-state index in [9.17, 15) is 19.5 Å². The average Bonchev–Trinajstić information content (AvgIpc) is 2.55. The summed E-state index contributed by atoms with van der Waals surface area (Å²) in [7, 11) is 0. The van der Waals surface area contributed by atoms with Gasteiger partial charge in [0.15, 0.2) is 0 Å². The van der Waals surface area contributed by atoms with Crippen molar-refractivity contribution in [3.8, 4) is 0 Å². The highest BCUT2D eigenvalue weighted by molar-refractivity contribution is 6.22. The number of halogens is 1. The second-order valence-electron chi connectivity index (χ2n) is 5.45. The topological polar surface area (TPSA) is 99.6 Å². The van der Waals surface area contributed by atoms with Crippen LogP contribution in [0.1, 0.15) is 38.7 Å². The van der Waals surface area contributed by atoms with E-state index in [4.69, 9.17) is 11.8 Å². The van der Waals surface area contributed by atoms with Crippen molar-refractivity contribution in [2.45, 2.75) is 51.6 Å². The Balaban J connectivity index is 2.83. The van der Waals surface area contributed by atoms with Gasteiger partial charge in [0.2, 0.25) is 11.8 Å². The van der Waals surface area contributed by atoms with Gasteiger partial charge in [-0.1, -0.05) is 19.8 Å². The maximum absolute atomic E-state index is 12.4. The van der Waals surface area contributed by atoms with Crippen LogP contribution in [0.3, 0.4) is 0 Å². The lowest BCUT2D eigenvalue weighted by molar-refractivity contribution is -0.143. The summed E-state index contributed by atoms with van der Waals surface area (Å²) < 4.78 is 0.830. The van der Waals surface area contributed by atoms with Crippen LogP contribution >= 0.6 is 11.8 Å². The molecule has 0 unspecified atom stereocenters. The predicted octanol–water partition coefficient (Wildman–Crippen LogP) is 1.75. The summed E-state index contributed by atoms with van der Waals surface area (Å²) in [5.41, 5.74) is 0.733. The lowest BCUT2D eigenvalue weighted by atomic mass is 10.1. The average molecular weight is 356 g/mol. The summed E-state index contributed by atoms with van der Waals surface area (Å²) >= 11 is 5.90. The summed E-state index contributed by atoms with van der Waals surface area (Å²) in [5, 5.41) is 11.8. The molecule has 1 aromatic heterocycles. The Kier molecular flexibility index (Phi) is 8.18. The van der Waals surface area contributed by atoms with Crippen molar-refractivity contribution in [1.82, 2.24) is 14.7 Å². The molecule has 7 nitrogen and oxygen atoms in total. The number of carbonyl (C=O) groups excluding carboxylic acids is 2. The number of aliphatic carboxylic acids is 1. The summed E-state index contributed by atoms with van der Waals surface area (Å²) in [4.78, 5) is 39.2. The Hall–Kier alpha value is -2.15. The first-order valence-electron chi connectivity index (χ1n) is 7.74. The molecule has 2 atom stereocenters. The molecule has 0 fully saturated rings. The van der Waals surface area contributed by atoms with Gasteiger partial charge >= 0.3 is 5.97 Å². The highest BCUT2D eigenvalue weighted by Gasteiger charge is 2.30. The normalized spacial score (nSPS) is 13.0. The number of nitrogens with one attached hydrogen (secondary N) is 1. The fourth-order valence-electron chi connectivity index (χ4n) is 2.19. The Morgan fingerprint density at radius 2 is 1.96 bits per heavy atom. The van der Waals surface area contributed by atoms with Gasteiger partial charge in [0.25, 0.3) is 0 Å². The molecule has 0 bridgehead atoms. The van der Waals surface area contributed by atoms with Crippen LogP contribution in [0.2, 0.25) is 0 Å². The number of carboxylic acid groups (broad SMARTS) is 1. The van der Waals surface area contributed by atoms with E-state index >= 15 is 0 Å². The highest BCUT2D eigenvalue weighted by Crippen LogP contribution is 2.13. The lowest BCUT2D eigenvalue weighted by Crippen LogP contribution is -2.51. The molecular weight excluding hydrogens is 334 g/mol. The number of pyridine rings is 1. The minimum absolute atomic E-state index is 0.118. The maximum Gasteiger partial charge on any atom is 0.326 e. The quantitative estimate of drug-likeness (QED) is 0.657. The van der Waals surface area contributed by atoms with Crippen molar-refractivity contribution in [2.24, 2.45) is 0 Å². The van der Waals surface area contributed by atoms with E-state index in [1.54, 1.807) is 24.5 Å². The number of aromatic nitrogens is 1. The van der Waals surface area contributed by atoms with E-state index in [-0.39, 0.29) is 6.42 Å². The van der Waals surface area contributed by atoms with Crippen LogP contribution in [0.4, 0.5) is 0 Å². The SMILES string of the molecule is CCCC[C@@H](C(=O)N[C@@H](Cc1ccncc1)C(=O)O)N(Cl)C(C)=O. The Labute approximate surface area is 146 Å². The van der Waals surface area contributed by atoms with Gasteiger partial charge in [-0.15, -0.1) is 0 Å². The fraction of sp³-hybridized carbons (Fsp3) is 0.500. The second kappa shape index (κ2) is 9.87. The van der Waals surface area contributed by atoms with Gasteiger partial charge in [-0.2, -0.15) is 0 Å². The van der Waals surface area contributed by atoms with Crippen LogP contribution in [0.5, 0.6) is 0 Å². The summed E-state index contributed by atoms with van der Waals surface area (Å²) in [6.07, 6.45) is 5.11. The van der Waals surface area contributed by atoms with Crippen LogP contribution in [0.15, 0.2) is 24.5 Å². The third-order valence-electron chi connectivity index (χ3n) is 3.51. The minimum atomic E-state index is -1.15. The van der Waals surface area contributed by atoms with Crippen LogP contribution in [-0.4, -0.2) is 44.4 Å². The number of hydrogen-bond donors (Lipinski definition) is 2. The van der Waals surface area contributed by atoms with Gasteiger partial charge in [0, 0.05) is 37.5 Å². The van der Waals surface area contributed by atoms with Crippen LogP contribution in [0, 0.1) is 0 Å². The Bertz CT molecular complexity index is 568. The predicted molar refractivity (Wildman–Crippen MR) is 89.2 cm³/mol. The smallest absolute Gasteiger partial charge is 0.326 e. The first-order valence-corrected chi connectivity index (χ1v) is 8.08. The zero-order chi connectivity index (χ0) is 18.1. The molecule has 0 aliphatic heterocycles. The Morgan fingerprint density at radius 3 is 2.46 bits per heavy atom. The van der Waals surface area contributed by atoms with E-state index in [0.29, 0.717) is 12.8 Å². The molecule has 0 saturated carbocycles. The molecule has 132 valence electrons. The van der Waals surface area contributed by atoms with Crippen molar-refractivity contribution in [3.05, 3.63) is 30.1 Å². The first kappa shape index (κ1) is 19.9. The van der Waals surface area contributed by atoms with Gasteiger partial charge < -0.3 is 10.4 Å². The van der Waals surface area contributed by atoms with E-state index < -0.39 is 29.9 Å². The van der Waals surface area contributed by atoms with Gasteiger partial charge in [0.1, 0.15) is 12.1 Å². The molecule has 8 heteroatoms. The number of rotatable bonds is 9. The standard InChI is InChI=1S/C16H22ClN3O4/c1-3-4-5-14(20(17)11(2)21)15(22)19-13(16(23)24)10-12-6-8-18-9-7-12/h6-9,13-14H,3-5,10H2,1-2H3,(H,19,22)(H,23,24)/t13-,14-/m0/s1. The van der Waals surface area contributed by atoms with Gasteiger partial charge in [-0.25, -0.2) is 9.21 Å². The minimum Gasteiger partial charge on any atom is -0.480 e. The van der Waals surface area contributed by atoms with Gasteiger partial charge in [-0.3, -0.25) is 14.6 Å². The van der Waals surface area contributed by atoms with Crippen molar-refractivity contribution >= 4 is 29.6 Å². The molecule has 2 amide bonds. The fourth-order valence-corrected chi connectivity index (χ4v) is 2.37. The molecule has 0 aromatic carbocycles. The number of unbranched alkanes of at least 4 members (excludes halogenated alkanes) is 1. The van der Waals surface area contributed by atoms with Crippen molar-refractivity contribution < 1.29 is 19.5 Å². The molecule has 0 aliphatic rings. The molecule has 0 spiro atoms. The van der Waals surface area contributed by atoms with Crippen LogP contribution in [0.25, 0.3) is 0 Å². The van der Waals surface area contributed by atoms with Crippen molar-refractivity contribution in [2.75, 3.05) is 0 Å². The third kappa shape index (κ3) is 6.16. The van der Waals surface area contributed by atoms with Crippen LogP contribution < -0.4 is 5.32 Å². The molecule has 0 aliphatic carbocycles. The van der Waals surface area contributed by atoms with Gasteiger partial charge in [-0.05, 0) is 24.1 Å². The first-order chi connectivity index (χ1) is 11.4. The van der Waals surface area contributed by atoms with E-state index in [0.717, 1.165) is 16.4 Å². The van der Waals surface area contributed by atoms with Crippen molar-refractivity contribution in [1.29, 1.82) is 0 Å². The molecule has 1 rings (SSSR count). The third-order valence-corrected chi connectivity index (χ3v) is 3.99. The summed E-state index contributed by atoms with van der Waals surface area (Å²) in [6, 6.07) is 1.35. The number of carboxylic acids is 1. The number of nitrogens with zero attached hydrogens (tertiary/aromatic N) is 2. The maximum atomic E-state index is 12.4. The molecule has 1 aromatic rings. The summed E-state index contributed by atoms with van der Waals surface area (Å²) in [6.45, 7) is 3.20. The number of hydrogen-bond acceptors (Lipinski definition) is 4. The van der Waals surface area contributed by atoms with Crippen LogP contribution in [-0.2, 0) is 20.8 Å². The Morgan fingerprint density at radius 1 is 1.33 bits per heavy atom. The number of amides is 2. The lowest BCUT2D eigenvalue weighted by Gasteiger charge is -2.25. The molecular formula is C16H22ClN3O4. The molecule has 24 heavy (non-hydrogen) atoms. The molecule has 0 saturated heterocycles. The summed E-state index contributed by atoms with van der Waals surface area (Å²) in [5.74, 6) is -2.19. The zero-order valence-electron chi connectivity index (χ0n) is 13.7. The van der Waals surface area contributed by atoms with E-state index in [1.807, 2.05) is 6.92 Å².